The third-order valence-corrected chi connectivity index (χ3v) is 2.41. The lowest BCUT2D eigenvalue weighted by Gasteiger charge is -2.20. The number of hydrogen-bond donors (Lipinski definition) is 0. The second kappa shape index (κ2) is 14.2. The molecule has 0 N–H and O–H groups in total. The highest BCUT2D eigenvalue weighted by molar-refractivity contribution is 4.90. The molecule has 1 saturated heterocycles. The second-order valence-corrected chi connectivity index (χ2v) is 4.04. The van der Waals surface area contributed by atoms with Gasteiger partial charge in [0.1, 0.15) is 0 Å². The van der Waals surface area contributed by atoms with Gasteiger partial charge in [0.2, 0.25) is 0 Å². The molecule has 0 amide bonds. The molecular weight excluding hydrogens is 222 g/mol. The van der Waals surface area contributed by atoms with Crippen molar-refractivity contribution in [3.05, 3.63) is 18.2 Å². The van der Waals surface area contributed by atoms with Crippen molar-refractivity contribution in [3.63, 3.8) is 0 Å². The zero-order chi connectivity index (χ0) is 14.4. The Balaban J connectivity index is 0. The van der Waals surface area contributed by atoms with E-state index in [1.165, 1.54) is 32.4 Å². The standard InChI is InChI=1S/C6H13N.C5H8N2.2C2H6/c1-7-5-3-2-4-6-7;1-5-3-7(2)4-6-5;2*1-2/h2-6H2,1H3;3-4H,1-2H3;2*1-2H3. The van der Waals surface area contributed by atoms with Crippen LogP contribution in [0.5, 0.6) is 0 Å². The predicted octanol–water partition coefficient (Wildman–Crippen LogP) is 3.88. The van der Waals surface area contributed by atoms with Gasteiger partial charge >= 0.3 is 0 Å². The van der Waals surface area contributed by atoms with Crippen LogP contribution in [0.25, 0.3) is 0 Å². The number of piperidine rings is 1. The Bertz CT molecular complexity index is 233. The van der Waals surface area contributed by atoms with Crippen LogP contribution in [-0.2, 0) is 7.05 Å². The van der Waals surface area contributed by atoms with E-state index >= 15 is 0 Å². The summed E-state index contributed by atoms with van der Waals surface area (Å²) in [4.78, 5) is 6.37. The first-order valence-electron chi connectivity index (χ1n) is 7.31. The van der Waals surface area contributed by atoms with Gasteiger partial charge in [-0.05, 0) is 39.9 Å². The quantitative estimate of drug-likeness (QED) is 0.701. The SMILES string of the molecule is CC.CC.CN1CCCCC1.Cc1cn(C)cn1. The molecule has 0 radical (unpaired) electrons. The maximum Gasteiger partial charge on any atom is 0.0946 e. The largest absolute Gasteiger partial charge is 0.340 e. The summed E-state index contributed by atoms with van der Waals surface area (Å²) < 4.78 is 1.93. The fraction of sp³-hybridized carbons (Fsp3) is 0.800. The Hall–Kier alpha value is -0.830. The van der Waals surface area contributed by atoms with Crippen LogP contribution < -0.4 is 0 Å². The molecule has 0 aliphatic carbocycles. The molecule has 0 atom stereocenters. The number of hydrogen-bond acceptors (Lipinski definition) is 2. The van der Waals surface area contributed by atoms with Crippen molar-refractivity contribution < 1.29 is 0 Å². The smallest absolute Gasteiger partial charge is 0.0946 e. The van der Waals surface area contributed by atoms with Crippen LogP contribution in [-0.4, -0.2) is 34.6 Å². The summed E-state index contributed by atoms with van der Waals surface area (Å²) >= 11 is 0. The minimum Gasteiger partial charge on any atom is -0.340 e. The highest BCUT2D eigenvalue weighted by Gasteiger charge is 2.02. The van der Waals surface area contributed by atoms with Gasteiger partial charge in [-0.3, -0.25) is 0 Å². The molecule has 0 aromatic carbocycles. The average molecular weight is 255 g/mol. The van der Waals surface area contributed by atoms with Gasteiger partial charge in [0.15, 0.2) is 0 Å². The molecule has 2 rings (SSSR count). The van der Waals surface area contributed by atoms with Gasteiger partial charge in [0.25, 0.3) is 0 Å². The fourth-order valence-corrected chi connectivity index (χ4v) is 1.60. The van der Waals surface area contributed by atoms with Crippen LogP contribution in [0.3, 0.4) is 0 Å². The molecule has 1 aliphatic heterocycles. The van der Waals surface area contributed by atoms with E-state index in [-0.39, 0.29) is 0 Å². The van der Waals surface area contributed by atoms with E-state index < -0.39 is 0 Å². The molecule has 1 aliphatic rings. The number of imidazole rings is 1. The fourth-order valence-electron chi connectivity index (χ4n) is 1.60. The van der Waals surface area contributed by atoms with Crippen LogP contribution in [0.1, 0.15) is 52.7 Å². The molecule has 18 heavy (non-hydrogen) atoms. The summed E-state index contributed by atoms with van der Waals surface area (Å²) in [6.45, 7) is 12.6. The van der Waals surface area contributed by atoms with Crippen LogP contribution in [0.2, 0.25) is 0 Å². The van der Waals surface area contributed by atoms with Crippen molar-refractivity contribution in [2.24, 2.45) is 7.05 Å². The van der Waals surface area contributed by atoms with Gasteiger partial charge in [-0.1, -0.05) is 34.1 Å². The van der Waals surface area contributed by atoms with Crippen molar-refractivity contribution in [1.82, 2.24) is 14.5 Å². The molecule has 2 heterocycles. The van der Waals surface area contributed by atoms with E-state index in [0.29, 0.717) is 0 Å². The van der Waals surface area contributed by atoms with Crippen LogP contribution in [0.15, 0.2) is 12.5 Å². The summed E-state index contributed by atoms with van der Waals surface area (Å²) in [5, 5.41) is 0. The molecule has 1 fully saturated rings. The molecular formula is C15H33N3. The van der Waals surface area contributed by atoms with Crippen molar-refractivity contribution in [3.8, 4) is 0 Å². The Morgan fingerprint density at radius 2 is 1.44 bits per heavy atom. The normalized spacial score (nSPS) is 14.2. The zero-order valence-electron chi connectivity index (χ0n) is 13.5. The molecule has 3 nitrogen and oxygen atoms in total. The number of likely N-dealkylation sites (tertiary alicyclic amines) is 1. The van der Waals surface area contributed by atoms with Crippen molar-refractivity contribution in [1.29, 1.82) is 0 Å². The predicted molar refractivity (Wildman–Crippen MR) is 82.0 cm³/mol. The van der Waals surface area contributed by atoms with Gasteiger partial charge < -0.3 is 9.47 Å². The van der Waals surface area contributed by atoms with E-state index in [0.717, 1.165) is 5.69 Å². The Morgan fingerprint density at radius 3 is 1.61 bits per heavy atom. The van der Waals surface area contributed by atoms with Gasteiger partial charge in [-0.25, -0.2) is 4.98 Å². The monoisotopic (exact) mass is 255 g/mol. The van der Waals surface area contributed by atoms with Crippen molar-refractivity contribution in [2.45, 2.75) is 53.9 Å². The highest BCUT2D eigenvalue weighted by atomic mass is 15.1. The molecule has 1 aromatic heterocycles. The number of aromatic nitrogens is 2. The number of aryl methyl sites for hydroxylation is 2. The molecule has 0 bridgehead atoms. The molecule has 1 aromatic rings. The summed E-state index contributed by atoms with van der Waals surface area (Å²) in [6, 6.07) is 0. The Labute approximate surface area is 114 Å². The van der Waals surface area contributed by atoms with Gasteiger partial charge in [0.05, 0.1) is 12.0 Å². The van der Waals surface area contributed by atoms with Crippen LogP contribution in [0, 0.1) is 6.92 Å². The van der Waals surface area contributed by atoms with E-state index in [2.05, 4.69) is 16.9 Å². The van der Waals surface area contributed by atoms with Gasteiger partial charge in [0, 0.05) is 13.2 Å². The first-order chi connectivity index (χ1) is 8.68. The third-order valence-electron chi connectivity index (χ3n) is 2.41. The van der Waals surface area contributed by atoms with Crippen molar-refractivity contribution >= 4 is 0 Å². The lowest BCUT2D eigenvalue weighted by molar-refractivity contribution is 0.277. The third kappa shape index (κ3) is 11.6. The van der Waals surface area contributed by atoms with Gasteiger partial charge in [-0.15, -0.1) is 0 Å². The molecule has 108 valence electrons. The molecule has 3 heteroatoms. The minimum absolute atomic E-state index is 1.07. The summed E-state index contributed by atoms with van der Waals surface area (Å²) in [5.41, 5.74) is 1.07. The first kappa shape index (κ1) is 19.5. The van der Waals surface area contributed by atoms with Gasteiger partial charge in [-0.2, -0.15) is 0 Å². The highest BCUT2D eigenvalue weighted by Crippen LogP contribution is 2.04. The Morgan fingerprint density at radius 1 is 0.944 bits per heavy atom. The van der Waals surface area contributed by atoms with E-state index in [1.54, 1.807) is 6.33 Å². The van der Waals surface area contributed by atoms with E-state index in [1.807, 2.05) is 52.4 Å². The minimum atomic E-state index is 1.07. The maximum atomic E-state index is 3.98. The number of rotatable bonds is 0. The van der Waals surface area contributed by atoms with Crippen LogP contribution in [0.4, 0.5) is 0 Å². The lowest BCUT2D eigenvalue weighted by Crippen LogP contribution is -2.24. The maximum absolute atomic E-state index is 3.98. The second-order valence-electron chi connectivity index (χ2n) is 4.04. The summed E-state index contributed by atoms with van der Waals surface area (Å²) in [7, 11) is 4.15. The summed E-state index contributed by atoms with van der Waals surface area (Å²) in [6.07, 6.45) is 8.03. The topological polar surface area (TPSA) is 21.1 Å². The first-order valence-corrected chi connectivity index (χ1v) is 7.31. The Kier molecular flexibility index (Phi) is 15.4. The molecule has 0 saturated carbocycles. The molecule has 0 spiro atoms. The van der Waals surface area contributed by atoms with E-state index in [4.69, 9.17) is 0 Å². The van der Waals surface area contributed by atoms with Crippen LogP contribution >= 0.6 is 0 Å². The molecule has 0 unspecified atom stereocenters. The summed E-state index contributed by atoms with van der Waals surface area (Å²) in [5.74, 6) is 0. The zero-order valence-corrected chi connectivity index (χ0v) is 13.5. The lowest BCUT2D eigenvalue weighted by atomic mass is 10.1. The average Bonchev–Trinajstić information content (AvgIpc) is 2.80. The van der Waals surface area contributed by atoms with E-state index in [9.17, 15) is 0 Å². The number of nitrogens with zero attached hydrogens (tertiary/aromatic N) is 3. The van der Waals surface area contributed by atoms with Crippen molar-refractivity contribution in [2.75, 3.05) is 20.1 Å².